The first-order valence-corrected chi connectivity index (χ1v) is 22.5. The second-order valence-corrected chi connectivity index (χ2v) is 16.0. The van der Waals surface area contributed by atoms with Gasteiger partial charge in [0.25, 0.3) is 0 Å². The van der Waals surface area contributed by atoms with Crippen LogP contribution in [0.15, 0.2) is 0 Å². The summed E-state index contributed by atoms with van der Waals surface area (Å²) < 4.78 is 11.2. The van der Waals surface area contributed by atoms with Crippen molar-refractivity contribution in [2.24, 2.45) is 41.4 Å². The third-order valence-electron chi connectivity index (χ3n) is 12.5. The maximum Gasteiger partial charge on any atom is 0.309 e. The standard InChI is InChI=1S/C46H90O4/c1-10-17-21-22-23-24-25-26-27-28-29-30-31-35-43(44(46(48)50-9)40(16-7)34-20-13-4)41(38(14-5)32-18-11-2)36-37-42(45(47)49-8)39(15-6)33-19-12-3/h38-44H,10-37H2,1-9H3. The fraction of sp³-hybridized carbons (Fsp3) is 0.957. The molecule has 0 rings (SSSR count). The third kappa shape index (κ3) is 20.8. The Morgan fingerprint density at radius 2 is 0.780 bits per heavy atom. The molecule has 0 aliphatic carbocycles. The van der Waals surface area contributed by atoms with Gasteiger partial charge in [0.2, 0.25) is 0 Å². The van der Waals surface area contributed by atoms with Gasteiger partial charge in [0.1, 0.15) is 0 Å². The van der Waals surface area contributed by atoms with Crippen LogP contribution in [-0.4, -0.2) is 26.2 Å². The van der Waals surface area contributed by atoms with Crippen molar-refractivity contribution in [3.63, 3.8) is 0 Å². The molecule has 4 heteroatoms. The predicted molar refractivity (Wildman–Crippen MR) is 217 cm³/mol. The molecule has 7 unspecified atom stereocenters. The Kier molecular flexibility index (Phi) is 33.0. The van der Waals surface area contributed by atoms with Crippen molar-refractivity contribution in [2.45, 2.75) is 228 Å². The van der Waals surface area contributed by atoms with E-state index in [9.17, 15) is 9.59 Å². The van der Waals surface area contributed by atoms with Crippen molar-refractivity contribution < 1.29 is 19.1 Å². The molecular weight excluding hydrogens is 617 g/mol. The molecule has 0 aromatic heterocycles. The molecule has 0 heterocycles. The number of hydrogen-bond acceptors (Lipinski definition) is 4. The van der Waals surface area contributed by atoms with Crippen molar-refractivity contribution in [1.82, 2.24) is 0 Å². The molecular formula is C46H90O4. The Labute approximate surface area is 314 Å². The number of hydrogen-bond donors (Lipinski definition) is 0. The summed E-state index contributed by atoms with van der Waals surface area (Å²) in [5, 5.41) is 0. The largest absolute Gasteiger partial charge is 0.469 e. The number of carbonyl (C=O) groups is 2. The van der Waals surface area contributed by atoms with Crippen LogP contribution in [0.2, 0.25) is 0 Å². The third-order valence-corrected chi connectivity index (χ3v) is 12.5. The van der Waals surface area contributed by atoms with Gasteiger partial charge >= 0.3 is 11.9 Å². The highest BCUT2D eigenvalue weighted by molar-refractivity contribution is 5.73. The Morgan fingerprint density at radius 1 is 0.380 bits per heavy atom. The number of esters is 2. The van der Waals surface area contributed by atoms with Crippen molar-refractivity contribution in [3.05, 3.63) is 0 Å². The van der Waals surface area contributed by atoms with Crippen LogP contribution in [0.25, 0.3) is 0 Å². The summed E-state index contributed by atoms with van der Waals surface area (Å²) in [4.78, 5) is 27.3. The van der Waals surface area contributed by atoms with Crippen LogP contribution in [0.3, 0.4) is 0 Å². The van der Waals surface area contributed by atoms with Crippen LogP contribution in [0.1, 0.15) is 228 Å². The fourth-order valence-corrected chi connectivity index (χ4v) is 9.23. The molecule has 0 N–H and O–H groups in total. The average Bonchev–Trinajstić information content (AvgIpc) is 3.14. The van der Waals surface area contributed by atoms with Gasteiger partial charge in [0, 0.05) is 0 Å². The Bertz CT molecular complexity index is 765. The lowest BCUT2D eigenvalue weighted by Gasteiger charge is -2.41. The van der Waals surface area contributed by atoms with Gasteiger partial charge in [0.15, 0.2) is 0 Å². The lowest BCUT2D eigenvalue weighted by molar-refractivity contribution is -0.153. The fourth-order valence-electron chi connectivity index (χ4n) is 9.23. The number of ether oxygens (including phenoxy) is 2. The molecule has 0 radical (unpaired) electrons. The quantitative estimate of drug-likeness (QED) is 0.0481. The molecule has 0 aliphatic heterocycles. The van der Waals surface area contributed by atoms with Gasteiger partial charge < -0.3 is 9.47 Å². The van der Waals surface area contributed by atoms with E-state index in [1.165, 1.54) is 103 Å². The Morgan fingerprint density at radius 3 is 1.20 bits per heavy atom. The molecule has 0 aromatic rings. The minimum absolute atomic E-state index is 0.0156. The Hall–Kier alpha value is -1.06. The molecule has 298 valence electrons. The summed E-state index contributed by atoms with van der Waals surface area (Å²) in [5.74, 6) is 1.86. The van der Waals surface area contributed by atoms with Crippen LogP contribution >= 0.6 is 0 Å². The van der Waals surface area contributed by atoms with Crippen molar-refractivity contribution in [2.75, 3.05) is 14.2 Å². The maximum absolute atomic E-state index is 13.9. The number of unbranched alkanes of at least 4 members (excludes halogenated alkanes) is 15. The summed E-state index contributed by atoms with van der Waals surface area (Å²) in [6.45, 7) is 16.0. The summed E-state index contributed by atoms with van der Waals surface area (Å²) in [6, 6.07) is 0. The zero-order valence-electron chi connectivity index (χ0n) is 35.5. The molecule has 50 heavy (non-hydrogen) atoms. The first-order chi connectivity index (χ1) is 24.3. The lowest BCUT2D eigenvalue weighted by Crippen LogP contribution is -2.39. The molecule has 4 nitrogen and oxygen atoms in total. The maximum atomic E-state index is 13.9. The SMILES string of the molecule is CCCCCCCCCCCCCCCC(C(CCC(C(=O)OC)C(CC)CCCC)C(CC)CCCC)C(C(=O)OC)C(CC)CCCC. The minimum atomic E-state index is -0.0619. The molecule has 0 aliphatic rings. The first-order valence-electron chi connectivity index (χ1n) is 22.5. The van der Waals surface area contributed by atoms with Crippen LogP contribution < -0.4 is 0 Å². The summed E-state index contributed by atoms with van der Waals surface area (Å²) >= 11 is 0. The van der Waals surface area contributed by atoms with Crippen molar-refractivity contribution in [1.29, 1.82) is 0 Å². The molecule has 0 aromatic carbocycles. The monoisotopic (exact) mass is 707 g/mol. The topological polar surface area (TPSA) is 52.6 Å². The molecule has 0 saturated carbocycles. The molecule has 0 fully saturated rings. The van der Waals surface area contributed by atoms with Crippen LogP contribution in [0.5, 0.6) is 0 Å². The summed E-state index contributed by atoms with van der Waals surface area (Å²) in [6.07, 6.45) is 34.2. The van der Waals surface area contributed by atoms with Gasteiger partial charge in [-0.3, -0.25) is 9.59 Å². The number of methoxy groups -OCH3 is 2. The van der Waals surface area contributed by atoms with E-state index in [0.717, 1.165) is 77.0 Å². The van der Waals surface area contributed by atoms with Crippen molar-refractivity contribution in [3.8, 4) is 0 Å². The predicted octanol–water partition coefficient (Wildman–Crippen LogP) is 14.7. The highest BCUT2D eigenvalue weighted by Crippen LogP contribution is 2.45. The lowest BCUT2D eigenvalue weighted by atomic mass is 9.64. The van der Waals surface area contributed by atoms with E-state index in [-0.39, 0.29) is 23.8 Å². The number of carbonyl (C=O) groups excluding carboxylic acids is 2. The molecule has 0 amide bonds. The second kappa shape index (κ2) is 33.8. The zero-order chi connectivity index (χ0) is 37.4. The Balaban J connectivity index is 6.17. The van der Waals surface area contributed by atoms with Crippen LogP contribution in [0.4, 0.5) is 0 Å². The van der Waals surface area contributed by atoms with Gasteiger partial charge in [0.05, 0.1) is 26.1 Å². The molecule has 7 atom stereocenters. The molecule has 0 saturated heterocycles. The first kappa shape index (κ1) is 48.9. The number of rotatable bonds is 36. The highest BCUT2D eigenvalue weighted by atomic mass is 16.5. The average molecular weight is 707 g/mol. The van der Waals surface area contributed by atoms with Crippen molar-refractivity contribution >= 4 is 11.9 Å². The van der Waals surface area contributed by atoms with E-state index in [1.54, 1.807) is 14.2 Å². The van der Waals surface area contributed by atoms with E-state index in [4.69, 9.17) is 9.47 Å². The van der Waals surface area contributed by atoms with Gasteiger partial charge in [-0.2, -0.15) is 0 Å². The van der Waals surface area contributed by atoms with E-state index in [2.05, 4.69) is 48.5 Å². The van der Waals surface area contributed by atoms with E-state index in [1.807, 2.05) is 0 Å². The zero-order valence-corrected chi connectivity index (χ0v) is 35.5. The van der Waals surface area contributed by atoms with Gasteiger partial charge in [-0.15, -0.1) is 0 Å². The minimum Gasteiger partial charge on any atom is -0.469 e. The smallest absolute Gasteiger partial charge is 0.309 e. The van der Waals surface area contributed by atoms with E-state index >= 15 is 0 Å². The van der Waals surface area contributed by atoms with Gasteiger partial charge in [-0.1, -0.05) is 196 Å². The molecule has 0 bridgehead atoms. The van der Waals surface area contributed by atoms with E-state index in [0.29, 0.717) is 29.6 Å². The summed E-state index contributed by atoms with van der Waals surface area (Å²) in [5.41, 5.74) is 0. The normalized spacial score (nSPS) is 15.9. The summed E-state index contributed by atoms with van der Waals surface area (Å²) in [7, 11) is 3.18. The van der Waals surface area contributed by atoms with Crippen LogP contribution in [0, 0.1) is 41.4 Å². The second-order valence-electron chi connectivity index (χ2n) is 16.0. The van der Waals surface area contributed by atoms with Gasteiger partial charge in [-0.05, 0) is 61.7 Å². The van der Waals surface area contributed by atoms with E-state index < -0.39 is 0 Å². The molecule has 0 spiro atoms. The highest BCUT2D eigenvalue weighted by Gasteiger charge is 2.42. The van der Waals surface area contributed by atoms with Gasteiger partial charge in [-0.25, -0.2) is 0 Å². The van der Waals surface area contributed by atoms with Crippen LogP contribution in [-0.2, 0) is 19.1 Å².